The standard InChI is InChI=1S/C30H28O8/c1-8-30(28(31)19-15-25(37-6)26(38-7)16-20(19)29(30)32)27(17-9-11-21(33-2)23(13-17)35-4)18-10-12-22(34-3)24(14-18)36-5/h1,9-16,27H,2-7H3. The second-order valence-electron chi connectivity index (χ2n) is 8.53. The van der Waals surface area contributed by atoms with E-state index in [4.69, 9.17) is 34.8 Å². The van der Waals surface area contributed by atoms with Crippen molar-refractivity contribution < 1.29 is 38.0 Å². The van der Waals surface area contributed by atoms with Gasteiger partial charge < -0.3 is 28.4 Å². The fraction of sp³-hybridized carbons (Fsp3) is 0.267. The first-order valence-electron chi connectivity index (χ1n) is 11.6. The van der Waals surface area contributed by atoms with Crippen molar-refractivity contribution in [1.82, 2.24) is 0 Å². The fourth-order valence-electron chi connectivity index (χ4n) is 5.02. The molecule has 0 aliphatic heterocycles. The molecule has 1 aliphatic rings. The lowest BCUT2D eigenvalue weighted by Crippen LogP contribution is -2.39. The maximum atomic E-state index is 14.2. The number of benzene rings is 3. The zero-order valence-electron chi connectivity index (χ0n) is 22.0. The van der Waals surface area contributed by atoms with Gasteiger partial charge in [-0.3, -0.25) is 9.59 Å². The van der Waals surface area contributed by atoms with Crippen LogP contribution < -0.4 is 28.4 Å². The first-order chi connectivity index (χ1) is 18.3. The Kier molecular flexibility index (Phi) is 7.22. The summed E-state index contributed by atoms with van der Waals surface area (Å²) in [5.74, 6) is 3.08. The summed E-state index contributed by atoms with van der Waals surface area (Å²) in [6.45, 7) is 0. The van der Waals surface area contributed by atoms with Crippen LogP contribution in [-0.4, -0.2) is 54.2 Å². The van der Waals surface area contributed by atoms with E-state index in [0.29, 0.717) is 45.6 Å². The topological polar surface area (TPSA) is 89.5 Å². The van der Waals surface area contributed by atoms with Gasteiger partial charge in [0.1, 0.15) is 0 Å². The Bertz CT molecular complexity index is 1350. The number of terminal acetylenes is 1. The van der Waals surface area contributed by atoms with Crippen LogP contribution in [0.2, 0.25) is 0 Å². The third-order valence-corrected chi connectivity index (χ3v) is 6.87. The second kappa shape index (κ2) is 10.4. The molecule has 38 heavy (non-hydrogen) atoms. The summed E-state index contributed by atoms with van der Waals surface area (Å²) < 4.78 is 32.6. The van der Waals surface area contributed by atoms with E-state index in [2.05, 4.69) is 5.92 Å². The van der Waals surface area contributed by atoms with Crippen LogP contribution in [0.4, 0.5) is 0 Å². The summed E-state index contributed by atoms with van der Waals surface area (Å²) >= 11 is 0. The Morgan fingerprint density at radius 1 is 0.579 bits per heavy atom. The molecular formula is C30H28O8. The van der Waals surface area contributed by atoms with Crippen molar-refractivity contribution in [3.8, 4) is 46.8 Å². The van der Waals surface area contributed by atoms with E-state index in [9.17, 15) is 9.59 Å². The summed E-state index contributed by atoms with van der Waals surface area (Å²) in [6.07, 6.45) is 6.13. The van der Waals surface area contributed by atoms with E-state index in [1.54, 1.807) is 36.4 Å². The minimum Gasteiger partial charge on any atom is -0.493 e. The van der Waals surface area contributed by atoms with Gasteiger partial charge in [-0.1, -0.05) is 18.1 Å². The highest BCUT2D eigenvalue weighted by Crippen LogP contribution is 2.53. The third kappa shape index (κ3) is 3.88. The molecule has 4 rings (SSSR count). The first-order valence-corrected chi connectivity index (χ1v) is 11.6. The highest BCUT2D eigenvalue weighted by Gasteiger charge is 2.58. The van der Waals surface area contributed by atoms with Crippen molar-refractivity contribution in [1.29, 1.82) is 0 Å². The summed E-state index contributed by atoms with van der Waals surface area (Å²) in [7, 11) is 8.96. The maximum absolute atomic E-state index is 14.2. The van der Waals surface area contributed by atoms with E-state index in [0.717, 1.165) is 0 Å². The molecule has 0 heterocycles. The van der Waals surface area contributed by atoms with E-state index in [-0.39, 0.29) is 11.1 Å². The van der Waals surface area contributed by atoms with Gasteiger partial charge in [0.15, 0.2) is 51.5 Å². The average Bonchev–Trinajstić information content (AvgIpc) is 3.17. The van der Waals surface area contributed by atoms with E-state index in [1.165, 1.54) is 54.8 Å². The summed E-state index contributed by atoms with van der Waals surface area (Å²) in [4.78, 5) is 28.4. The Morgan fingerprint density at radius 3 is 1.24 bits per heavy atom. The molecule has 0 N–H and O–H groups in total. The van der Waals surface area contributed by atoms with Crippen LogP contribution in [0.1, 0.15) is 37.8 Å². The zero-order valence-corrected chi connectivity index (χ0v) is 22.0. The molecule has 0 fully saturated rings. The molecule has 1 aliphatic carbocycles. The Morgan fingerprint density at radius 2 is 0.921 bits per heavy atom. The van der Waals surface area contributed by atoms with Gasteiger partial charge in [-0.2, -0.15) is 0 Å². The van der Waals surface area contributed by atoms with Crippen molar-refractivity contribution in [3.05, 3.63) is 70.8 Å². The predicted molar refractivity (Wildman–Crippen MR) is 140 cm³/mol. The molecule has 8 nitrogen and oxygen atoms in total. The van der Waals surface area contributed by atoms with Gasteiger partial charge in [0.25, 0.3) is 0 Å². The lowest BCUT2D eigenvalue weighted by atomic mass is 9.66. The number of Topliss-reactive ketones (excluding diaryl/α,β-unsaturated/α-hetero) is 2. The molecular weight excluding hydrogens is 488 g/mol. The molecule has 8 heteroatoms. The van der Waals surface area contributed by atoms with Crippen molar-refractivity contribution in [2.75, 3.05) is 42.7 Å². The van der Waals surface area contributed by atoms with Gasteiger partial charge in [-0.15, -0.1) is 6.42 Å². The monoisotopic (exact) mass is 516 g/mol. The number of rotatable bonds is 9. The van der Waals surface area contributed by atoms with Gasteiger partial charge in [0, 0.05) is 17.0 Å². The Hall–Kier alpha value is -4.64. The minimum atomic E-state index is -1.92. The highest BCUT2D eigenvalue weighted by molar-refractivity contribution is 6.32. The number of ketones is 2. The SMILES string of the molecule is C#CC1(C(c2ccc(OC)c(OC)c2)c2ccc(OC)c(OC)c2)C(=O)c2cc(OC)c(OC)cc2C1=O. The van der Waals surface area contributed by atoms with Crippen LogP contribution in [0.5, 0.6) is 34.5 Å². The summed E-state index contributed by atoms with van der Waals surface area (Å²) in [5.41, 5.74) is -0.450. The molecule has 0 atom stereocenters. The lowest BCUT2D eigenvalue weighted by molar-refractivity contribution is 0.0751. The largest absolute Gasteiger partial charge is 0.493 e. The van der Waals surface area contributed by atoms with Crippen molar-refractivity contribution >= 4 is 11.6 Å². The normalized spacial score (nSPS) is 13.5. The quantitative estimate of drug-likeness (QED) is 0.302. The molecule has 0 radical (unpaired) electrons. The van der Waals surface area contributed by atoms with Crippen LogP contribution in [0.25, 0.3) is 0 Å². The summed E-state index contributed by atoms with van der Waals surface area (Å²) in [5, 5.41) is 0. The minimum absolute atomic E-state index is 0.163. The van der Waals surface area contributed by atoms with Crippen LogP contribution >= 0.6 is 0 Å². The van der Waals surface area contributed by atoms with Gasteiger partial charge in [-0.05, 0) is 47.5 Å². The number of hydrogen-bond donors (Lipinski definition) is 0. The van der Waals surface area contributed by atoms with Crippen LogP contribution in [0, 0.1) is 17.8 Å². The molecule has 0 saturated heterocycles. The third-order valence-electron chi connectivity index (χ3n) is 6.87. The summed E-state index contributed by atoms with van der Waals surface area (Å²) in [6, 6.07) is 13.3. The van der Waals surface area contributed by atoms with Crippen molar-refractivity contribution in [2.45, 2.75) is 5.92 Å². The number of methoxy groups -OCH3 is 6. The van der Waals surface area contributed by atoms with Crippen molar-refractivity contribution in [2.24, 2.45) is 5.41 Å². The smallest absolute Gasteiger partial charge is 0.190 e. The van der Waals surface area contributed by atoms with Crippen molar-refractivity contribution in [3.63, 3.8) is 0 Å². The van der Waals surface area contributed by atoms with E-state index in [1.807, 2.05) is 0 Å². The van der Waals surface area contributed by atoms with Crippen LogP contribution in [-0.2, 0) is 0 Å². The molecule has 0 spiro atoms. The fourth-order valence-corrected chi connectivity index (χ4v) is 5.02. The van der Waals surface area contributed by atoms with E-state index >= 15 is 0 Å². The molecule has 0 bridgehead atoms. The van der Waals surface area contributed by atoms with Gasteiger partial charge in [0.05, 0.1) is 42.7 Å². The number of hydrogen-bond acceptors (Lipinski definition) is 8. The molecule has 0 unspecified atom stereocenters. The molecule has 0 aromatic heterocycles. The Labute approximate surface area is 221 Å². The molecule has 196 valence electrons. The van der Waals surface area contributed by atoms with Gasteiger partial charge in [0.2, 0.25) is 0 Å². The van der Waals surface area contributed by atoms with Gasteiger partial charge >= 0.3 is 0 Å². The molecule has 0 saturated carbocycles. The number of carbonyl (C=O) groups is 2. The second-order valence-corrected chi connectivity index (χ2v) is 8.53. The molecule has 3 aromatic carbocycles. The average molecular weight is 517 g/mol. The first kappa shape index (κ1) is 26.4. The number of fused-ring (bicyclic) bond motifs is 1. The lowest BCUT2D eigenvalue weighted by Gasteiger charge is -2.32. The maximum Gasteiger partial charge on any atom is 0.190 e. The van der Waals surface area contributed by atoms with Gasteiger partial charge in [-0.25, -0.2) is 0 Å². The zero-order chi connectivity index (χ0) is 27.6. The number of carbonyl (C=O) groups excluding carboxylic acids is 2. The highest BCUT2D eigenvalue weighted by atomic mass is 16.5. The number of ether oxygens (including phenoxy) is 6. The predicted octanol–water partition coefficient (Wildman–Crippen LogP) is 4.57. The molecule has 0 amide bonds. The molecule has 3 aromatic rings. The van der Waals surface area contributed by atoms with Crippen LogP contribution in [0.3, 0.4) is 0 Å². The van der Waals surface area contributed by atoms with Crippen LogP contribution in [0.15, 0.2) is 48.5 Å². The Balaban J connectivity index is 2.04. The van der Waals surface area contributed by atoms with E-state index < -0.39 is 22.9 Å².